The van der Waals surface area contributed by atoms with Crippen LogP contribution < -0.4 is 5.32 Å². The summed E-state index contributed by atoms with van der Waals surface area (Å²) in [6.07, 6.45) is 3.62. The fraction of sp³-hybridized carbons (Fsp3) is 0.588. The predicted octanol–water partition coefficient (Wildman–Crippen LogP) is 3.24. The summed E-state index contributed by atoms with van der Waals surface area (Å²) in [7, 11) is 0. The molecule has 1 N–H and O–H groups in total. The maximum atomic E-state index is 4.59. The van der Waals surface area contributed by atoms with Crippen molar-refractivity contribution >= 4 is 5.84 Å². The van der Waals surface area contributed by atoms with Crippen molar-refractivity contribution in [3.05, 3.63) is 35.9 Å². The highest BCUT2D eigenvalue weighted by Gasteiger charge is 2.18. The number of rotatable bonds is 6. The molecular formula is C17H27N3. The molecule has 2 rings (SSSR count). The van der Waals surface area contributed by atoms with Gasteiger partial charge >= 0.3 is 0 Å². The highest BCUT2D eigenvalue weighted by atomic mass is 15.2. The topological polar surface area (TPSA) is 27.6 Å². The second-order valence-corrected chi connectivity index (χ2v) is 5.31. The standard InChI is InChI=1S/C17H27N3/c1-3-20(4-2)16(15-10-6-5-7-11-15)14-19-17-12-8-9-13-18-17/h5-7,10-11,16H,3-4,8-9,12-14H2,1-2H3,(H,18,19). The number of hydrogen-bond donors (Lipinski definition) is 1. The zero-order valence-corrected chi connectivity index (χ0v) is 12.8. The molecule has 0 saturated heterocycles. The summed E-state index contributed by atoms with van der Waals surface area (Å²) < 4.78 is 0. The molecule has 3 nitrogen and oxygen atoms in total. The minimum absolute atomic E-state index is 0.427. The first kappa shape index (κ1) is 15.0. The first-order valence-electron chi connectivity index (χ1n) is 7.91. The number of hydrogen-bond acceptors (Lipinski definition) is 3. The molecule has 0 aliphatic carbocycles. The van der Waals surface area contributed by atoms with Crippen molar-refractivity contribution in [3.8, 4) is 0 Å². The molecule has 0 aromatic heterocycles. The number of amidine groups is 1. The average molecular weight is 273 g/mol. The lowest BCUT2D eigenvalue weighted by Crippen LogP contribution is -2.38. The van der Waals surface area contributed by atoms with Crippen LogP contribution in [-0.2, 0) is 0 Å². The van der Waals surface area contributed by atoms with Crippen LogP contribution in [0, 0.1) is 0 Å². The van der Waals surface area contributed by atoms with E-state index in [0.29, 0.717) is 6.04 Å². The molecule has 1 heterocycles. The molecule has 0 spiro atoms. The minimum atomic E-state index is 0.427. The van der Waals surface area contributed by atoms with Gasteiger partial charge in [-0.05, 0) is 31.5 Å². The van der Waals surface area contributed by atoms with Gasteiger partial charge in [0.1, 0.15) is 0 Å². The van der Waals surface area contributed by atoms with Gasteiger partial charge in [-0.3, -0.25) is 9.89 Å². The van der Waals surface area contributed by atoms with Gasteiger partial charge in [0.15, 0.2) is 0 Å². The highest BCUT2D eigenvalue weighted by Crippen LogP contribution is 2.19. The molecule has 1 unspecified atom stereocenters. The molecule has 1 aliphatic heterocycles. The third kappa shape index (κ3) is 4.07. The van der Waals surface area contributed by atoms with Gasteiger partial charge in [0.2, 0.25) is 0 Å². The van der Waals surface area contributed by atoms with Crippen molar-refractivity contribution in [1.29, 1.82) is 0 Å². The highest BCUT2D eigenvalue weighted by molar-refractivity contribution is 5.82. The molecule has 1 aliphatic rings. The van der Waals surface area contributed by atoms with E-state index >= 15 is 0 Å². The maximum Gasteiger partial charge on any atom is 0.0963 e. The molecule has 20 heavy (non-hydrogen) atoms. The van der Waals surface area contributed by atoms with E-state index in [1.165, 1.54) is 24.2 Å². The van der Waals surface area contributed by atoms with E-state index in [0.717, 1.165) is 32.6 Å². The zero-order valence-electron chi connectivity index (χ0n) is 12.8. The molecule has 110 valence electrons. The second-order valence-electron chi connectivity index (χ2n) is 5.31. The smallest absolute Gasteiger partial charge is 0.0963 e. The number of likely N-dealkylation sites (N-methyl/N-ethyl adjacent to an activating group) is 1. The minimum Gasteiger partial charge on any atom is -0.372 e. The summed E-state index contributed by atoms with van der Waals surface area (Å²) in [4.78, 5) is 7.10. The van der Waals surface area contributed by atoms with Gasteiger partial charge in [0.25, 0.3) is 0 Å². The van der Waals surface area contributed by atoms with Crippen LogP contribution in [0.5, 0.6) is 0 Å². The van der Waals surface area contributed by atoms with E-state index in [1.54, 1.807) is 0 Å². The Morgan fingerprint density at radius 2 is 1.90 bits per heavy atom. The van der Waals surface area contributed by atoms with Gasteiger partial charge in [-0.1, -0.05) is 44.2 Å². The first-order valence-corrected chi connectivity index (χ1v) is 7.91. The summed E-state index contributed by atoms with van der Waals surface area (Å²) in [5.41, 5.74) is 1.39. The Bertz CT molecular complexity index is 410. The summed E-state index contributed by atoms with van der Waals surface area (Å²) in [5.74, 6) is 1.20. The molecule has 0 fully saturated rings. The Hall–Kier alpha value is -1.35. The molecule has 0 amide bonds. The van der Waals surface area contributed by atoms with Crippen molar-refractivity contribution in [2.45, 2.75) is 39.2 Å². The Morgan fingerprint density at radius 1 is 1.15 bits per heavy atom. The van der Waals surface area contributed by atoms with E-state index < -0.39 is 0 Å². The maximum absolute atomic E-state index is 4.59. The van der Waals surface area contributed by atoms with Crippen molar-refractivity contribution < 1.29 is 0 Å². The molecule has 1 atom stereocenters. The molecule has 3 heteroatoms. The molecule has 0 radical (unpaired) electrons. The quantitative estimate of drug-likeness (QED) is 0.861. The molecule has 0 saturated carbocycles. The molecule has 1 aromatic rings. The van der Waals surface area contributed by atoms with Crippen LogP contribution in [0.4, 0.5) is 0 Å². The van der Waals surface area contributed by atoms with Crippen LogP contribution in [0.1, 0.15) is 44.7 Å². The fourth-order valence-corrected chi connectivity index (χ4v) is 2.85. The van der Waals surface area contributed by atoms with Gasteiger partial charge in [0.05, 0.1) is 11.9 Å². The summed E-state index contributed by atoms with van der Waals surface area (Å²) in [6, 6.07) is 11.2. The van der Waals surface area contributed by atoms with Gasteiger partial charge in [-0.15, -0.1) is 0 Å². The lowest BCUT2D eigenvalue weighted by Gasteiger charge is -2.31. The van der Waals surface area contributed by atoms with E-state index in [4.69, 9.17) is 0 Å². The second kappa shape index (κ2) is 8.05. The van der Waals surface area contributed by atoms with E-state index in [2.05, 4.69) is 59.4 Å². The van der Waals surface area contributed by atoms with E-state index in [-0.39, 0.29) is 0 Å². The zero-order chi connectivity index (χ0) is 14.2. The number of benzene rings is 1. The fourth-order valence-electron chi connectivity index (χ4n) is 2.85. The van der Waals surface area contributed by atoms with Gasteiger partial charge < -0.3 is 5.32 Å². The summed E-state index contributed by atoms with van der Waals surface area (Å²) in [6.45, 7) is 8.55. The summed E-state index contributed by atoms with van der Waals surface area (Å²) in [5, 5.41) is 3.58. The largest absolute Gasteiger partial charge is 0.372 e. The average Bonchev–Trinajstić information content (AvgIpc) is 2.53. The van der Waals surface area contributed by atoms with Crippen LogP contribution in [0.25, 0.3) is 0 Å². The van der Waals surface area contributed by atoms with Crippen LogP contribution in [-0.4, -0.2) is 36.9 Å². The third-order valence-corrected chi connectivity index (χ3v) is 4.06. The van der Waals surface area contributed by atoms with Crippen LogP contribution in [0.15, 0.2) is 35.3 Å². The summed E-state index contributed by atoms with van der Waals surface area (Å²) >= 11 is 0. The van der Waals surface area contributed by atoms with Crippen molar-refractivity contribution in [2.75, 3.05) is 26.2 Å². The third-order valence-electron chi connectivity index (χ3n) is 4.06. The van der Waals surface area contributed by atoms with Crippen LogP contribution >= 0.6 is 0 Å². The Kier molecular flexibility index (Phi) is 6.06. The number of aliphatic imine (C=N–C) groups is 1. The van der Waals surface area contributed by atoms with Crippen molar-refractivity contribution in [3.63, 3.8) is 0 Å². The lowest BCUT2D eigenvalue weighted by molar-refractivity contribution is 0.219. The van der Waals surface area contributed by atoms with E-state index in [1.807, 2.05) is 0 Å². The van der Waals surface area contributed by atoms with Gasteiger partial charge in [-0.2, -0.15) is 0 Å². The Morgan fingerprint density at radius 3 is 2.50 bits per heavy atom. The van der Waals surface area contributed by atoms with E-state index in [9.17, 15) is 0 Å². The van der Waals surface area contributed by atoms with Gasteiger partial charge in [-0.25, -0.2) is 0 Å². The van der Waals surface area contributed by atoms with Crippen molar-refractivity contribution in [2.24, 2.45) is 4.99 Å². The monoisotopic (exact) mass is 273 g/mol. The van der Waals surface area contributed by atoms with Crippen LogP contribution in [0.3, 0.4) is 0 Å². The Labute approximate surface area is 123 Å². The SMILES string of the molecule is CCN(CC)C(CNC1=NCCCC1)c1ccccc1. The van der Waals surface area contributed by atoms with Crippen molar-refractivity contribution in [1.82, 2.24) is 10.2 Å². The molecule has 0 bridgehead atoms. The lowest BCUT2D eigenvalue weighted by atomic mass is 10.0. The predicted molar refractivity (Wildman–Crippen MR) is 86.3 cm³/mol. The van der Waals surface area contributed by atoms with Gasteiger partial charge in [0, 0.05) is 19.5 Å². The first-order chi connectivity index (χ1) is 9.85. The molecule has 1 aromatic carbocycles. The molecular weight excluding hydrogens is 246 g/mol. The Balaban J connectivity index is 2.04. The number of nitrogens with one attached hydrogen (secondary N) is 1. The number of nitrogens with zero attached hydrogens (tertiary/aromatic N) is 2. The normalized spacial score (nSPS) is 16.9. The van der Waals surface area contributed by atoms with Crippen LogP contribution in [0.2, 0.25) is 0 Å².